The Hall–Kier alpha value is -3.08. The molecule has 2 fully saturated rings. The Morgan fingerprint density at radius 3 is 2.35 bits per heavy atom. The Kier molecular flexibility index (Phi) is 9.65. The highest BCUT2D eigenvalue weighted by Crippen LogP contribution is 2.57. The molecule has 3 amide bonds. The second kappa shape index (κ2) is 13.3. The van der Waals surface area contributed by atoms with Crippen LogP contribution < -0.4 is 0 Å². The molecule has 2 aromatic carbocycles. The van der Waals surface area contributed by atoms with Gasteiger partial charge in [-0.15, -0.1) is 0 Å². The second-order valence-corrected chi connectivity index (χ2v) is 15.5. The fraction of sp³-hybridized carbons (Fsp3) is 0.500. The molecular formula is C36H42Cl2FN5O3S. The molecule has 48 heavy (non-hydrogen) atoms. The fourth-order valence-electron chi connectivity index (χ4n) is 7.95. The lowest BCUT2D eigenvalue weighted by molar-refractivity contribution is -0.147. The summed E-state index contributed by atoms with van der Waals surface area (Å²) in [6.07, 6.45) is 2.05. The molecule has 256 valence electrons. The number of rotatable bonds is 6. The summed E-state index contributed by atoms with van der Waals surface area (Å²) in [5.74, 6) is -0.776. The first-order valence-electron chi connectivity index (χ1n) is 16.7. The van der Waals surface area contributed by atoms with E-state index in [4.69, 9.17) is 28.2 Å². The number of likely N-dealkylation sites (tertiary alicyclic amines) is 1. The third-order valence-electron chi connectivity index (χ3n) is 10.3. The van der Waals surface area contributed by atoms with Crippen molar-refractivity contribution < 1.29 is 18.8 Å². The molecule has 0 N–H and O–H groups in total. The van der Waals surface area contributed by atoms with E-state index in [2.05, 4.69) is 11.8 Å². The molecule has 0 radical (unpaired) electrons. The summed E-state index contributed by atoms with van der Waals surface area (Å²) < 4.78 is 15.7. The van der Waals surface area contributed by atoms with Gasteiger partial charge < -0.3 is 19.6 Å². The molecule has 5 atom stereocenters. The van der Waals surface area contributed by atoms with Gasteiger partial charge in [-0.05, 0) is 80.6 Å². The summed E-state index contributed by atoms with van der Waals surface area (Å²) in [6.45, 7) is 12.9. The van der Waals surface area contributed by atoms with E-state index in [1.807, 2.05) is 61.8 Å². The van der Waals surface area contributed by atoms with Gasteiger partial charge in [0.15, 0.2) is 5.17 Å². The van der Waals surface area contributed by atoms with E-state index in [9.17, 15) is 14.4 Å². The van der Waals surface area contributed by atoms with Crippen LogP contribution >= 0.6 is 35.0 Å². The molecule has 6 rings (SSSR count). The zero-order chi connectivity index (χ0) is 34.7. The van der Waals surface area contributed by atoms with Crippen molar-refractivity contribution in [3.63, 3.8) is 0 Å². The first-order chi connectivity index (χ1) is 22.8. The fourth-order valence-corrected chi connectivity index (χ4v) is 9.59. The SMILES string of the molecule is CC[C@@H]1CC[C@@H](C(=O)N2CCN(C(C)=O)[C@H](C)C2)N1C(=O)C1=C(C(C)C)N2C(=N[C@@](C)(c3ccc(Cl)cc3F)[C@@H]2c2ccc(Cl)cc2)S1. The van der Waals surface area contributed by atoms with Crippen LogP contribution in [0.5, 0.6) is 0 Å². The third kappa shape index (κ3) is 5.92. The van der Waals surface area contributed by atoms with Crippen molar-refractivity contribution >= 4 is 57.9 Å². The first-order valence-corrected chi connectivity index (χ1v) is 18.2. The molecule has 0 aliphatic carbocycles. The van der Waals surface area contributed by atoms with Crippen molar-refractivity contribution in [2.75, 3.05) is 19.6 Å². The number of benzene rings is 2. The van der Waals surface area contributed by atoms with Crippen LogP contribution in [0.2, 0.25) is 10.0 Å². The van der Waals surface area contributed by atoms with Crippen LogP contribution in [0, 0.1) is 11.7 Å². The minimum Gasteiger partial charge on any atom is -0.337 e. The van der Waals surface area contributed by atoms with E-state index in [1.54, 1.807) is 24.0 Å². The van der Waals surface area contributed by atoms with Crippen molar-refractivity contribution in [2.45, 2.75) is 90.5 Å². The number of allylic oxidation sites excluding steroid dienone is 1. The van der Waals surface area contributed by atoms with Gasteiger partial charge in [-0.25, -0.2) is 9.38 Å². The highest BCUT2D eigenvalue weighted by atomic mass is 35.5. The van der Waals surface area contributed by atoms with Crippen molar-refractivity contribution in [3.8, 4) is 0 Å². The lowest BCUT2D eigenvalue weighted by atomic mass is 9.80. The number of fused-ring (bicyclic) bond motifs is 1. The van der Waals surface area contributed by atoms with Crippen molar-refractivity contribution in [1.29, 1.82) is 0 Å². The number of hydrogen-bond acceptors (Lipinski definition) is 6. The number of hydrogen-bond donors (Lipinski definition) is 0. The van der Waals surface area contributed by atoms with Gasteiger partial charge in [-0.1, -0.05) is 62.2 Å². The Bertz CT molecular complexity index is 1700. The largest absolute Gasteiger partial charge is 0.337 e. The summed E-state index contributed by atoms with van der Waals surface area (Å²) in [7, 11) is 0. The summed E-state index contributed by atoms with van der Waals surface area (Å²) >= 11 is 13.8. The summed E-state index contributed by atoms with van der Waals surface area (Å²) in [5.41, 5.74) is 1.04. The highest BCUT2D eigenvalue weighted by Gasteiger charge is 2.55. The van der Waals surface area contributed by atoms with Crippen LogP contribution in [0.4, 0.5) is 4.39 Å². The van der Waals surface area contributed by atoms with Gasteiger partial charge in [0.1, 0.15) is 22.3 Å². The number of piperazine rings is 1. The molecule has 0 bridgehead atoms. The Morgan fingerprint density at radius 2 is 1.75 bits per heavy atom. The molecular weight excluding hydrogens is 672 g/mol. The van der Waals surface area contributed by atoms with Gasteiger partial charge in [-0.3, -0.25) is 14.4 Å². The van der Waals surface area contributed by atoms with Crippen LogP contribution in [0.1, 0.15) is 78.0 Å². The molecule has 0 spiro atoms. The number of thioether (sulfide) groups is 1. The zero-order valence-corrected chi connectivity index (χ0v) is 30.5. The molecule has 2 aromatic rings. The second-order valence-electron chi connectivity index (χ2n) is 13.7. The smallest absolute Gasteiger partial charge is 0.263 e. The van der Waals surface area contributed by atoms with Gasteiger partial charge in [0.25, 0.3) is 5.91 Å². The molecule has 4 heterocycles. The minimum atomic E-state index is -1.05. The summed E-state index contributed by atoms with van der Waals surface area (Å²) in [6, 6.07) is 10.9. The van der Waals surface area contributed by atoms with Crippen LogP contribution in [0.3, 0.4) is 0 Å². The van der Waals surface area contributed by atoms with E-state index in [0.29, 0.717) is 51.7 Å². The van der Waals surface area contributed by atoms with E-state index in [-0.39, 0.29) is 35.7 Å². The molecule has 0 unspecified atom stereocenters. The van der Waals surface area contributed by atoms with Crippen LogP contribution in [-0.2, 0) is 19.9 Å². The number of amidine groups is 1. The quantitative estimate of drug-likeness (QED) is 0.316. The lowest BCUT2D eigenvalue weighted by Gasteiger charge is -2.41. The van der Waals surface area contributed by atoms with E-state index >= 15 is 4.39 Å². The molecule has 4 aliphatic heterocycles. The van der Waals surface area contributed by atoms with Gasteiger partial charge >= 0.3 is 0 Å². The van der Waals surface area contributed by atoms with Gasteiger partial charge in [0.2, 0.25) is 11.8 Å². The van der Waals surface area contributed by atoms with Crippen LogP contribution in [0.15, 0.2) is 58.1 Å². The maximum absolute atomic E-state index is 15.7. The van der Waals surface area contributed by atoms with Crippen molar-refractivity contribution in [1.82, 2.24) is 19.6 Å². The third-order valence-corrected chi connectivity index (χ3v) is 11.8. The van der Waals surface area contributed by atoms with E-state index in [0.717, 1.165) is 24.1 Å². The van der Waals surface area contributed by atoms with E-state index < -0.39 is 23.4 Å². The molecule has 2 saturated heterocycles. The zero-order valence-electron chi connectivity index (χ0n) is 28.2. The average molecular weight is 715 g/mol. The number of carbonyl (C=O) groups excluding carboxylic acids is 3. The number of halogens is 3. The summed E-state index contributed by atoms with van der Waals surface area (Å²) in [5, 5.41) is 1.49. The molecule has 4 aliphatic rings. The van der Waals surface area contributed by atoms with Gasteiger partial charge in [0, 0.05) is 59.9 Å². The maximum atomic E-state index is 15.7. The number of aliphatic imine (C=N–C) groups is 1. The Morgan fingerprint density at radius 1 is 1.06 bits per heavy atom. The van der Waals surface area contributed by atoms with Crippen LogP contribution in [-0.4, -0.2) is 80.2 Å². The monoisotopic (exact) mass is 713 g/mol. The predicted octanol–water partition coefficient (Wildman–Crippen LogP) is 7.22. The van der Waals surface area contributed by atoms with Crippen molar-refractivity contribution in [2.24, 2.45) is 10.9 Å². The van der Waals surface area contributed by atoms with Crippen molar-refractivity contribution in [3.05, 3.63) is 80.1 Å². The minimum absolute atomic E-state index is 0.00000628. The molecule has 8 nitrogen and oxygen atoms in total. The van der Waals surface area contributed by atoms with Gasteiger partial charge in [0.05, 0.1) is 6.04 Å². The molecule has 12 heteroatoms. The maximum Gasteiger partial charge on any atom is 0.263 e. The average Bonchev–Trinajstić information content (AvgIpc) is 3.70. The Balaban J connectivity index is 1.39. The normalized spacial score (nSPS) is 27.2. The topological polar surface area (TPSA) is 76.5 Å². The molecule has 0 saturated carbocycles. The van der Waals surface area contributed by atoms with Crippen LogP contribution in [0.25, 0.3) is 0 Å². The van der Waals surface area contributed by atoms with Gasteiger partial charge in [-0.2, -0.15) is 0 Å². The number of amides is 3. The summed E-state index contributed by atoms with van der Waals surface area (Å²) in [4.78, 5) is 54.3. The predicted molar refractivity (Wildman–Crippen MR) is 189 cm³/mol. The Labute approximate surface area is 296 Å². The standard InChI is InChI=1S/C36H42Cl2FN5O3S/c1-7-26-13-15-29(33(46)41-16-17-42(22(5)45)21(4)19-41)43(26)34(47)31-30(20(2)3)44-32(23-8-10-24(37)11-9-23)36(6,40-35(44)48-31)27-14-12-25(38)18-28(27)39/h8-12,14,18,20-21,26,29,32H,7,13,15-17,19H2,1-6H3/t21-,26-,29+,32+,36+/m1/s1. The highest BCUT2D eigenvalue weighted by molar-refractivity contribution is 8.18. The lowest BCUT2D eigenvalue weighted by Crippen LogP contribution is -2.58. The van der Waals surface area contributed by atoms with E-state index in [1.165, 1.54) is 17.8 Å². The number of nitrogens with zero attached hydrogens (tertiary/aromatic N) is 5. The molecule has 0 aromatic heterocycles. The number of carbonyl (C=O) groups is 3. The first kappa shape index (κ1) is 34.8.